The molecule has 16 heavy (non-hydrogen) atoms. The maximum Gasteiger partial charge on any atom is 0.416 e. The highest BCUT2D eigenvalue weighted by molar-refractivity contribution is 5.76. The summed E-state index contributed by atoms with van der Waals surface area (Å²) in [6.45, 7) is 1.40. The first-order valence-corrected chi connectivity index (χ1v) is 4.47. The van der Waals surface area contributed by atoms with Crippen molar-refractivity contribution < 1.29 is 23.1 Å². The summed E-state index contributed by atoms with van der Waals surface area (Å²) >= 11 is 0. The van der Waals surface area contributed by atoms with E-state index in [-0.39, 0.29) is 0 Å². The molecular weight excluding hydrogens is 223 g/mol. The van der Waals surface area contributed by atoms with E-state index in [0.29, 0.717) is 5.69 Å². The molecule has 0 saturated heterocycles. The monoisotopic (exact) mass is 233 g/mol. The van der Waals surface area contributed by atoms with Gasteiger partial charge in [-0.25, -0.2) is 0 Å². The summed E-state index contributed by atoms with van der Waals surface area (Å²) < 4.78 is 36.6. The first-order chi connectivity index (χ1) is 7.30. The number of carbonyl (C=O) groups is 1. The molecule has 0 radical (unpaired) electrons. The van der Waals surface area contributed by atoms with Crippen molar-refractivity contribution in [3.8, 4) is 0 Å². The van der Waals surface area contributed by atoms with Crippen LogP contribution in [0.5, 0.6) is 0 Å². The highest BCUT2D eigenvalue weighted by atomic mass is 19.4. The fourth-order valence-electron chi connectivity index (χ4n) is 1.07. The second-order valence-electron chi connectivity index (χ2n) is 3.28. The molecule has 0 bridgehead atoms. The van der Waals surface area contributed by atoms with Crippen LogP contribution in [0.15, 0.2) is 24.3 Å². The maximum absolute atomic E-state index is 12.2. The minimum absolute atomic E-state index is 0.336. The normalized spacial score (nSPS) is 13.2. The number of hydrogen-bond donors (Lipinski definition) is 2. The molecule has 0 spiro atoms. The molecule has 0 heterocycles. The van der Waals surface area contributed by atoms with Gasteiger partial charge < -0.3 is 10.4 Å². The summed E-state index contributed by atoms with van der Waals surface area (Å²) in [7, 11) is 0. The number of anilines is 1. The van der Waals surface area contributed by atoms with Crippen LogP contribution in [0.1, 0.15) is 12.5 Å². The van der Waals surface area contributed by atoms with Crippen LogP contribution in [-0.2, 0) is 11.0 Å². The Morgan fingerprint density at radius 3 is 2.19 bits per heavy atom. The van der Waals surface area contributed by atoms with Crippen molar-refractivity contribution >= 4 is 11.7 Å². The molecule has 0 amide bonds. The van der Waals surface area contributed by atoms with E-state index in [1.807, 2.05) is 0 Å². The molecule has 0 saturated carbocycles. The molecule has 0 aliphatic carbocycles. The minimum Gasteiger partial charge on any atom is -0.480 e. The Morgan fingerprint density at radius 2 is 1.81 bits per heavy atom. The lowest BCUT2D eigenvalue weighted by molar-refractivity contribution is -0.138. The van der Waals surface area contributed by atoms with Gasteiger partial charge in [0.25, 0.3) is 0 Å². The number of nitrogens with one attached hydrogen (secondary N) is 1. The lowest BCUT2D eigenvalue weighted by Crippen LogP contribution is -2.25. The van der Waals surface area contributed by atoms with Crippen LogP contribution in [0.3, 0.4) is 0 Å². The van der Waals surface area contributed by atoms with Gasteiger partial charge in [0.2, 0.25) is 0 Å². The Hall–Kier alpha value is -1.72. The Labute approximate surface area is 89.9 Å². The zero-order valence-corrected chi connectivity index (χ0v) is 8.38. The number of benzene rings is 1. The summed E-state index contributed by atoms with van der Waals surface area (Å²) in [5, 5.41) is 11.1. The third-order valence-electron chi connectivity index (χ3n) is 1.97. The number of carboxylic acid groups (broad SMARTS) is 1. The van der Waals surface area contributed by atoms with E-state index in [4.69, 9.17) is 5.11 Å². The Morgan fingerprint density at radius 1 is 1.31 bits per heavy atom. The van der Waals surface area contributed by atoms with E-state index >= 15 is 0 Å². The average molecular weight is 233 g/mol. The number of hydrogen-bond acceptors (Lipinski definition) is 2. The molecule has 1 rings (SSSR count). The molecule has 3 nitrogen and oxygen atoms in total. The Kier molecular flexibility index (Phi) is 3.41. The van der Waals surface area contributed by atoms with E-state index < -0.39 is 23.8 Å². The highest BCUT2D eigenvalue weighted by Crippen LogP contribution is 2.29. The van der Waals surface area contributed by atoms with Crippen LogP contribution in [0.25, 0.3) is 0 Å². The van der Waals surface area contributed by atoms with Gasteiger partial charge in [0, 0.05) is 5.69 Å². The lowest BCUT2D eigenvalue weighted by atomic mass is 10.2. The molecule has 0 aromatic heterocycles. The predicted octanol–water partition coefficient (Wildman–Crippen LogP) is 2.59. The van der Waals surface area contributed by atoms with Gasteiger partial charge in [0.05, 0.1) is 5.56 Å². The van der Waals surface area contributed by atoms with E-state index in [1.54, 1.807) is 0 Å². The quantitative estimate of drug-likeness (QED) is 0.843. The largest absolute Gasteiger partial charge is 0.480 e. The fourth-order valence-corrected chi connectivity index (χ4v) is 1.07. The summed E-state index contributed by atoms with van der Waals surface area (Å²) in [4.78, 5) is 10.5. The zero-order valence-electron chi connectivity index (χ0n) is 8.38. The second kappa shape index (κ2) is 4.42. The molecule has 0 aliphatic heterocycles. The van der Waals surface area contributed by atoms with Gasteiger partial charge in [-0.05, 0) is 31.2 Å². The maximum atomic E-state index is 12.2. The van der Waals surface area contributed by atoms with E-state index in [0.717, 1.165) is 12.1 Å². The molecule has 1 aromatic carbocycles. The van der Waals surface area contributed by atoms with Crippen molar-refractivity contribution in [3.63, 3.8) is 0 Å². The van der Waals surface area contributed by atoms with E-state index in [2.05, 4.69) is 5.32 Å². The van der Waals surface area contributed by atoms with Crippen molar-refractivity contribution in [2.75, 3.05) is 5.32 Å². The van der Waals surface area contributed by atoms with Gasteiger partial charge in [-0.2, -0.15) is 13.2 Å². The third kappa shape index (κ3) is 3.15. The summed E-state index contributed by atoms with van der Waals surface area (Å²) in [6, 6.07) is 3.34. The van der Waals surface area contributed by atoms with Gasteiger partial charge in [-0.15, -0.1) is 0 Å². The average Bonchev–Trinajstić information content (AvgIpc) is 2.17. The smallest absolute Gasteiger partial charge is 0.416 e. The first kappa shape index (κ1) is 12.4. The molecule has 6 heteroatoms. The van der Waals surface area contributed by atoms with Crippen molar-refractivity contribution in [2.24, 2.45) is 0 Å². The lowest BCUT2D eigenvalue weighted by Gasteiger charge is -2.12. The third-order valence-corrected chi connectivity index (χ3v) is 1.97. The molecule has 0 aliphatic rings. The SMILES string of the molecule is C[C@@H](Nc1ccc(C(F)(F)F)cc1)C(=O)O. The van der Waals surface area contributed by atoms with E-state index in [1.165, 1.54) is 19.1 Å². The Balaban J connectivity index is 2.76. The molecule has 0 fully saturated rings. The molecule has 0 unspecified atom stereocenters. The van der Waals surface area contributed by atoms with Crippen LogP contribution in [-0.4, -0.2) is 17.1 Å². The number of carboxylic acids is 1. The van der Waals surface area contributed by atoms with Gasteiger partial charge in [0.1, 0.15) is 6.04 Å². The van der Waals surface area contributed by atoms with Crippen molar-refractivity contribution in [3.05, 3.63) is 29.8 Å². The second-order valence-corrected chi connectivity index (χ2v) is 3.28. The van der Waals surface area contributed by atoms with Gasteiger partial charge in [-0.1, -0.05) is 0 Å². The molecule has 1 aromatic rings. The van der Waals surface area contributed by atoms with Gasteiger partial charge in [-0.3, -0.25) is 4.79 Å². The van der Waals surface area contributed by atoms with Crippen LogP contribution in [0.4, 0.5) is 18.9 Å². The molecule has 2 N–H and O–H groups in total. The van der Waals surface area contributed by atoms with E-state index in [9.17, 15) is 18.0 Å². The summed E-state index contributed by atoms with van der Waals surface area (Å²) in [5.74, 6) is -1.07. The standard InChI is InChI=1S/C10H10F3NO2/c1-6(9(15)16)14-8-4-2-7(3-5-8)10(11,12)13/h2-6,14H,1H3,(H,15,16)/t6-/m1/s1. The molecule has 1 atom stereocenters. The van der Waals surface area contributed by atoms with Crippen LogP contribution in [0.2, 0.25) is 0 Å². The fraction of sp³-hybridized carbons (Fsp3) is 0.300. The predicted molar refractivity (Wildman–Crippen MR) is 52.2 cm³/mol. The molecule has 88 valence electrons. The zero-order chi connectivity index (χ0) is 12.3. The number of aliphatic carboxylic acids is 1. The van der Waals surface area contributed by atoms with Crippen LogP contribution < -0.4 is 5.32 Å². The number of alkyl halides is 3. The number of halogens is 3. The summed E-state index contributed by atoms with van der Waals surface area (Å²) in [6.07, 6.45) is -4.38. The van der Waals surface area contributed by atoms with Gasteiger partial charge >= 0.3 is 12.1 Å². The first-order valence-electron chi connectivity index (χ1n) is 4.47. The summed E-state index contributed by atoms with van der Waals surface area (Å²) in [5.41, 5.74) is -0.427. The highest BCUT2D eigenvalue weighted by Gasteiger charge is 2.29. The minimum atomic E-state index is -4.38. The van der Waals surface area contributed by atoms with Crippen molar-refractivity contribution in [1.29, 1.82) is 0 Å². The molecular formula is C10H10F3NO2. The van der Waals surface area contributed by atoms with Crippen molar-refractivity contribution in [1.82, 2.24) is 0 Å². The number of rotatable bonds is 3. The van der Waals surface area contributed by atoms with Gasteiger partial charge in [0.15, 0.2) is 0 Å². The topological polar surface area (TPSA) is 49.3 Å². The van der Waals surface area contributed by atoms with Crippen LogP contribution >= 0.6 is 0 Å². The van der Waals surface area contributed by atoms with Crippen molar-refractivity contribution in [2.45, 2.75) is 19.1 Å². The Bertz CT molecular complexity index is 373. The van der Waals surface area contributed by atoms with Crippen LogP contribution in [0, 0.1) is 0 Å².